The van der Waals surface area contributed by atoms with Crippen LogP contribution in [0.5, 0.6) is 0 Å². The number of nitrogens with zero attached hydrogens (tertiary/aromatic N) is 2. The molecule has 0 saturated carbocycles. The Morgan fingerprint density at radius 3 is 2.83 bits per heavy atom. The lowest BCUT2D eigenvalue weighted by Gasteiger charge is -2.08. The van der Waals surface area contributed by atoms with E-state index in [9.17, 15) is 4.79 Å². The van der Waals surface area contributed by atoms with Crippen LogP contribution in [0.4, 0.5) is 0 Å². The minimum Gasteiger partial charge on any atom is -0.379 e. The summed E-state index contributed by atoms with van der Waals surface area (Å²) < 4.78 is 5.35. The maximum Gasteiger partial charge on any atom is 0.254 e. The predicted octanol–water partition coefficient (Wildman–Crippen LogP) is 2.33. The van der Waals surface area contributed by atoms with Crippen LogP contribution in [0.1, 0.15) is 30.6 Å². The molecule has 1 aromatic rings. The fourth-order valence-electron chi connectivity index (χ4n) is 1.20. The van der Waals surface area contributed by atoms with Gasteiger partial charge in [0.05, 0.1) is 11.7 Å². The van der Waals surface area contributed by atoms with Crippen molar-refractivity contribution in [2.45, 2.75) is 26.4 Å². The number of carbonyl (C=O) groups is 1. The fraction of sp³-hybridized carbons (Fsp3) is 0.545. The van der Waals surface area contributed by atoms with E-state index in [2.05, 4.69) is 15.5 Å². The molecule has 0 unspecified atom stereocenters. The molecule has 1 rings (SSSR count). The molecule has 1 amide bonds. The molecule has 1 N–H and O–H groups in total. The highest BCUT2D eigenvalue weighted by atomic mass is 35.5. The zero-order valence-corrected chi connectivity index (χ0v) is 11.8. The van der Waals surface area contributed by atoms with Crippen molar-refractivity contribution < 1.29 is 9.53 Å². The van der Waals surface area contributed by atoms with Gasteiger partial charge in [0.15, 0.2) is 10.3 Å². The standard InChI is InChI=1S/C11H15Cl2N3O2/c1-7(2)18-5-3-4-14-11(17)8-6-9(12)15-16-10(8)13/h6-7H,3-5H2,1-2H3,(H,14,17). The Bertz CT molecular complexity index is 413. The van der Waals surface area contributed by atoms with E-state index in [0.29, 0.717) is 13.2 Å². The molecule has 18 heavy (non-hydrogen) atoms. The van der Waals surface area contributed by atoms with Crippen LogP contribution in [0.15, 0.2) is 6.07 Å². The largest absolute Gasteiger partial charge is 0.379 e. The van der Waals surface area contributed by atoms with Crippen LogP contribution in [-0.4, -0.2) is 35.4 Å². The van der Waals surface area contributed by atoms with Crippen molar-refractivity contribution in [2.24, 2.45) is 0 Å². The zero-order chi connectivity index (χ0) is 13.5. The van der Waals surface area contributed by atoms with Crippen molar-refractivity contribution in [3.05, 3.63) is 21.9 Å². The molecule has 0 aliphatic heterocycles. The summed E-state index contributed by atoms with van der Waals surface area (Å²) in [6, 6.07) is 1.39. The third-order valence-electron chi connectivity index (χ3n) is 2.02. The number of rotatable bonds is 6. The minimum absolute atomic E-state index is 0.0373. The number of hydrogen-bond donors (Lipinski definition) is 1. The molecule has 0 aromatic carbocycles. The number of amides is 1. The summed E-state index contributed by atoms with van der Waals surface area (Å²) in [7, 11) is 0. The summed E-state index contributed by atoms with van der Waals surface area (Å²) >= 11 is 11.4. The Kier molecular flexibility index (Phi) is 6.32. The molecule has 100 valence electrons. The quantitative estimate of drug-likeness (QED) is 0.817. The third-order valence-corrected chi connectivity index (χ3v) is 2.49. The number of aromatic nitrogens is 2. The number of hydrogen-bond acceptors (Lipinski definition) is 4. The number of carbonyl (C=O) groups excluding carboxylic acids is 1. The van der Waals surface area contributed by atoms with Gasteiger partial charge < -0.3 is 10.1 Å². The Labute approximate surface area is 116 Å². The minimum atomic E-state index is -0.318. The van der Waals surface area contributed by atoms with Crippen LogP contribution in [0.2, 0.25) is 10.3 Å². The highest BCUT2D eigenvalue weighted by Gasteiger charge is 2.12. The number of ether oxygens (including phenoxy) is 1. The fourth-order valence-corrected chi connectivity index (χ4v) is 1.53. The summed E-state index contributed by atoms with van der Waals surface area (Å²) in [5.41, 5.74) is 0.224. The second-order valence-corrected chi connectivity index (χ2v) is 4.65. The van der Waals surface area contributed by atoms with E-state index >= 15 is 0 Å². The van der Waals surface area contributed by atoms with Gasteiger partial charge in [0.1, 0.15) is 0 Å². The van der Waals surface area contributed by atoms with E-state index < -0.39 is 0 Å². The average Bonchev–Trinajstić information content (AvgIpc) is 2.31. The molecule has 0 saturated heterocycles. The SMILES string of the molecule is CC(C)OCCCNC(=O)c1cc(Cl)nnc1Cl. The lowest BCUT2D eigenvalue weighted by Crippen LogP contribution is -2.26. The highest BCUT2D eigenvalue weighted by molar-refractivity contribution is 6.34. The summed E-state index contributed by atoms with van der Waals surface area (Å²) in [6.45, 7) is 5.02. The summed E-state index contributed by atoms with van der Waals surface area (Å²) in [5, 5.41) is 9.98. The van der Waals surface area contributed by atoms with Crippen LogP contribution in [0.3, 0.4) is 0 Å². The van der Waals surface area contributed by atoms with Gasteiger partial charge in [-0.25, -0.2) is 0 Å². The molecule has 1 aromatic heterocycles. The van der Waals surface area contributed by atoms with Gasteiger partial charge in [-0.2, -0.15) is 0 Å². The molecule has 0 bridgehead atoms. The molecule has 0 atom stereocenters. The normalized spacial score (nSPS) is 10.7. The zero-order valence-electron chi connectivity index (χ0n) is 10.2. The van der Waals surface area contributed by atoms with Crippen molar-refractivity contribution in [3.8, 4) is 0 Å². The van der Waals surface area contributed by atoms with E-state index in [-0.39, 0.29) is 27.9 Å². The first-order chi connectivity index (χ1) is 8.50. The molecule has 0 spiro atoms. The average molecular weight is 292 g/mol. The van der Waals surface area contributed by atoms with Crippen LogP contribution >= 0.6 is 23.2 Å². The van der Waals surface area contributed by atoms with E-state index in [0.717, 1.165) is 6.42 Å². The Morgan fingerprint density at radius 2 is 2.17 bits per heavy atom. The maximum atomic E-state index is 11.8. The topological polar surface area (TPSA) is 64.1 Å². The van der Waals surface area contributed by atoms with Gasteiger partial charge in [-0.1, -0.05) is 23.2 Å². The van der Waals surface area contributed by atoms with Gasteiger partial charge >= 0.3 is 0 Å². The van der Waals surface area contributed by atoms with Gasteiger partial charge in [0.2, 0.25) is 0 Å². The molecule has 0 radical (unpaired) electrons. The van der Waals surface area contributed by atoms with Gasteiger partial charge in [-0.3, -0.25) is 4.79 Å². The Morgan fingerprint density at radius 1 is 1.44 bits per heavy atom. The van der Waals surface area contributed by atoms with Crippen LogP contribution in [0.25, 0.3) is 0 Å². The first-order valence-electron chi connectivity index (χ1n) is 5.59. The van der Waals surface area contributed by atoms with Crippen molar-refractivity contribution in [3.63, 3.8) is 0 Å². The first kappa shape index (κ1) is 15.1. The van der Waals surface area contributed by atoms with E-state index in [1.165, 1.54) is 6.07 Å². The smallest absolute Gasteiger partial charge is 0.254 e. The monoisotopic (exact) mass is 291 g/mol. The van der Waals surface area contributed by atoms with Gasteiger partial charge in [-0.05, 0) is 26.3 Å². The molecule has 5 nitrogen and oxygen atoms in total. The lowest BCUT2D eigenvalue weighted by molar-refractivity contribution is 0.0757. The van der Waals surface area contributed by atoms with Crippen LogP contribution in [0, 0.1) is 0 Å². The third kappa shape index (κ3) is 5.16. The van der Waals surface area contributed by atoms with Crippen LogP contribution in [-0.2, 0) is 4.74 Å². The van der Waals surface area contributed by atoms with Crippen molar-refractivity contribution in [1.29, 1.82) is 0 Å². The molecular weight excluding hydrogens is 277 g/mol. The molecule has 0 fully saturated rings. The van der Waals surface area contributed by atoms with Crippen molar-refractivity contribution in [2.75, 3.05) is 13.2 Å². The number of nitrogens with one attached hydrogen (secondary N) is 1. The molecular formula is C11H15Cl2N3O2. The second-order valence-electron chi connectivity index (χ2n) is 3.90. The second kappa shape index (κ2) is 7.51. The van der Waals surface area contributed by atoms with E-state index in [1.807, 2.05) is 13.8 Å². The molecule has 0 aliphatic carbocycles. The first-order valence-corrected chi connectivity index (χ1v) is 6.35. The predicted molar refractivity (Wildman–Crippen MR) is 70.1 cm³/mol. The van der Waals surface area contributed by atoms with E-state index in [1.54, 1.807) is 0 Å². The summed E-state index contributed by atoms with van der Waals surface area (Å²) in [6.07, 6.45) is 0.923. The molecule has 1 heterocycles. The highest BCUT2D eigenvalue weighted by Crippen LogP contribution is 2.14. The molecule has 7 heteroatoms. The Hall–Kier alpha value is -0.910. The van der Waals surface area contributed by atoms with Crippen molar-refractivity contribution in [1.82, 2.24) is 15.5 Å². The van der Waals surface area contributed by atoms with Crippen molar-refractivity contribution >= 4 is 29.1 Å². The number of halogens is 2. The summed E-state index contributed by atoms with van der Waals surface area (Å²) in [5.74, 6) is -0.318. The van der Waals surface area contributed by atoms with Gasteiger partial charge in [-0.15, -0.1) is 10.2 Å². The Balaban J connectivity index is 2.39. The lowest BCUT2D eigenvalue weighted by atomic mass is 10.3. The van der Waals surface area contributed by atoms with Crippen LogP contribution < -0.4 is 5.32 Å². The van der Waals surface area contributed by atoms with E-state index in [4.69, 9.17) is 27.9 Å². The summed E-state index contributed by atoms with van der Waals surface area (Å²) in [4.78, 5) is 11.8. The van der Waals surface area contributed by atoms with Gasteiger partial charge in [0.25, 0.3) is 5.91 Å². The van der Waals surface area contributed by atoms with Gasteiger partial charge in [0, 0.05) is 13.2 Å². The molecule has 0 aliphatic rings. The maximum absolute atomic E-state index is 11.8.